The molecule has 0 saturated heterocycles. The minimum absolute atomic E-state index is 0.171. The predicted molar refractivity (Wildman–Crippen MR) is 101 cm³/mol. The number of benzene rings is 1. The molecule has 0 atom stereocenters. The highest BCUT2D eigenvalue weighted by atomic mass is 19.2. The van der Waals surface area contributed by atoms with Crippen LogP contribution in [-0.4, -0.2) is 36.3 Å². The Balaban J connectivity index is 2.04. The Kier molecular flexibility index (Phi) is 7.86. The third kappa shape index (κ3) is 5.47. The lowest BCUT2D eigenvalue weighted by Crippen LogP contribution is -2.43. The van der Waals surface area contributed by atoms with Crippen molar-refractivity contribution in [2.45, 2.75) is 51.9 Å². The molecule has 1 fully saturated rings. The fourth-order valence-electron chi connectivity index (χ4n) is 3.73. The second kappa shape index (κ2) is 9.91. The lowest BCUT2D eigenvalue weighted by Gasteiger charge is -2.37. The molecule has 8 heteroatoms. The number of nitrogens with one attached hydrogen (secondary N) is 1. The van der Waals surface area contributed by atoms with Gasteiger partial charge in [-0.15, -0.1) is 0 Å². The Morgan fingerprint density at radius 1 is 1.14 bits per heavy atom. The first-order chi connectivity index (χ1) is 13.3. The van der Waals surface area contributed by atoms with Crippen LogP contribution >= 0.6 is 0 Å². The summed E-state index contributed by atoms with van der Waals surface area (Å²) in [5.74, 6) is -5.29. The van der Waals surface area contributed by atoms with E-state index in [9.17, 15) is 22.8 Å². The maximum atomic E-state index is 13.7. The molecule has 2 rings (SSSR count). The van der Waals surface area contributed by atoms with E-state index in [1.54, 1.807) is 0 Å². The van der Waals surface area contributed by atoms with Gasteiger partial charge in [-0.3, -0.25) is 9.59 Å². The van der Waals surface area contributed by atoms with Gasteiger partial charge in [0.05, 0.1) is 12.2 Å². The summed E-state index contributed by atoms with van der Waals surface area (Å²) < 4.78 is 40.1. The van der Waals surface area contributed by atoms with Crippen molar-refractivity contribution in [1.82, 2.24) is 4.90 Å². The number of hydrogen-bond donors (Lipinski definition) is 2. The van der Waals surface area contributed by atoms with Crippen molar-refractivity contribution >= 4 is 17.5 Å². The molecule has 0 radical (unpaired) electrons. The Morgan fingerprint density at radius 3 is 2.43 bits per heavy atom. The van der Waals surface area contributed by atoms with E-state index in [1.165, 1.54) is 4.90 Å². The monoisotopic (exact) mass is 399 g/mol. The predicted octanol–water partition coefficient (Wildman–Crippen LogP) is 3.58. The average Bonchev–Trinajstić information content (AvgIpc) is 2.68. The number of amides is 2. The standard InChI is InChI=1S/C20H28F3N3O2/c1-2-10-26(17(28)11-20(13-24)8-4-3-5-9-20)12-16(27)25-15-7-6-14(21)18(22)19(15)23/h6-7H,2-5,8-13,24H2,1H3,(H,25,27). The molecule has 28 heavy (non-hydrogen) atoms. The van der Waals surface area contributed by atoms with Crippen molar-refractivity contribution in [1.29, 1.82) is 0 Å². The molecular formula is C20H28F3N3O2. The topological polar surface area (TPSA) is 75.4 Å². The van der Waals surface area contributed by atoms with Crippen molar-refractivity contribution in [2.75, 3.05) is 25.0 Å². The van der Waals surface area contributed by atoms with E-state index < -0.39 is 29.0 Å². The highest BCUT2D eigenvalue weighted by Crippen LogP contribution is 2.38. The minimum atomic E-state index is -1.65. The molecular weight excluding hydrogens is 371 g/mol. The quantitative estimate of drug-likeness (QED) is 0.656. The molecule has 0 spiro atoms. The summed E-state index contributed by atoms with van der Waals surface area (Å²) in [6.45, 7) is 2.39. The Morgan fingerprint density at radius 2 is 1.82 bits per heavy atom. The Labute approximate surface area is 163 Å². The van der Waals surface area contributed by atoms with Crippen LogP contribution in [0.4, 0.5) is 18.9 Å². The van der Waals surface area contributed by atoms with Crippen molar-refractivity contribution in [3.63, 3.8) is 0 Å². The number of halogens is 3. The van der Waals surface area contributed by atoms with E-state index in [-0.39, 0.29) is 24.3 Å². The van der Waals surface area contributed by atoms with Gasteiger partial charge in [-0.2, -0.15) is 0 Å². The first kappa shape index (κ1) is 22.2. The zero-order chi connectivity index (χ0) is 20.7. The summed E-state index contributed by atoms with van der Waals surface area (Å²) in [7, 11) is 0. The molecule has 3 N–H and O–H groups in total. The molecule has 2 amide bonds. The molecule has 0 bridgehead atoms. The van der Waals surface area contributed by atoms with Crippen LogP contribution < -0.4 is 11.1 Å². The van der Waals surface area contributed by atoms with Crippen LogP contribution in [0.1, 0.15) is 51.9 Å². The van der Waals surface area contributed by atoms with Crippen LogP contribution in [0.2, 0.25) is 0 Å². The van der Waals surface area contributed by atoms with Gasteiger partial charge in [0.15, 0.2) is 17.5 Å². The lowest BCUT2D eigenvalue weighted by molar-refractivity contribution is -0.137. The SMILES string of the molecule is CCCN(CC(=O)Nc1ccc(F)c(F)c1F)C(=O)CC1(CN)CCCCC1. The molecule has 0 heterocycles. The van der Waals surface area contributed by atoms with Crippen LogP contribution in [0.15, 0.2) is 12.1 Å². The molecule has 1 saturated carbocycles. The summed E-state index contributed by atoms with van der Waals surface area (Å²) in [6, 6.07) is 1.68. The number of carbonyl (C=O) groups is 2. The number of carbonyl (C=O) groups excluding carboxylic acids is 2. The molecule has 0 aliphatic heterocycles. The van der Waals surface area contributed by atoms with Gasteiger partial charge in [-0.05, 0) is 43.4 Å². The van der Waals surface area contributed by atoms with Crippen molar-refractivity contribution in [3.8, 4) is 0 Å². The Bertz CT molecular complexity index is 706. The van der Waals surface area contributed by atoms with Crippen LogP contribution in [0.5, 0.6) is 0 Å². The van der Waals surface area contributed by atoms with Crippen LogP contribution in [0.25, 0.3) is 0 Å². The Hall–Kier alpha value is -2.09. The van der Waals surface area contributed by atoms with Crippen LogP contribution in [-0.2, 0) is 9.59 Å². The van der Waals surface area contributed by atoms with Crippen molar-refractivity contribution in [3.05, 3.63) is 29.6 Å². The normalized spacial score (nSPS) is 15.9. The smallest absolute Gasteiger partial charge is 0.244 e. The fourth-order valence-corrected chi connectivity index (χ4v) is 3.73. The number of nitrogens with zero attached hydrogens (tertiary/aromatic N) is 1. The van der Waals surface area contributed by atoms with Gasteiger partial charge in [-0.25, -0.2) is 13.2 Å². The average molecular weight is 399 g/mol. The summed E-state index contributed by atoms with van der Waals surface area (Å²) in [5, 5.41) is 2.21. The summed E-state index contributed by atoms with van der Waals surface area (Å²) in [6.07, 6.45) is 5.91. The third-order valence-electron chi connectivity index (χ3n) is 5.36. The zero-order valence-corrected chi connectivity index (χ0v) is 16.2. The first-order valence-corrected chi connectivity index (χ1v) is 9.73. The zero-order valence-electron chi connectivity index (χ0n) is 16.2. The lowest BCUT2D eigenvalue weighted by atomic mass is 9.71. The van der Waals surface area contributed by atoms with Gasteiger partial charge < -0.3 is 16.0 Å². The molecule has 156 valence electrons. The van der Waals surface area contributed by atoms with Crippen LogP contribution in [0.3, 0.4) is 0 Å². The minimum Gasteiger partial charge on any atom is -0.333 e. The van der Waals surface area contributed by atoms with E-state index in [4.69, 9.17) is 5.73 Å². The molecule has 1 aliphatic rings. The van der Waals surface area contributed by atoms with E-state index in [1.807, 2.05) is 6.92 Å². The number of nitrogens with two attached hydrogens (primary N) is 1. The van der Waals surface area contributed by atoms with Crippen LogP contribution in [0, 0.1) is 22.9 Å². The third-order valence-corrected chi connectivity index (χ3v) is 5.36. The largest absolute Gasteiger partial charge is 0.333 e. The molecule has 0 aromatic heterocycles. The number of rotatable bonds is 8. The maximum Gasteiger partial charge on any atom is 0.244 e. The molecule has 1 aliphatic carbocycles. The highest BCUT2D eigenvalue weighted by molar-refractivity contribution is 5.94. The van der Waals surface area contributed by atoms with E-state index in [0.717, 1.165) is 44.2 Å². The van der Waals surface area contributed by atoms with E-state index in [2.05, 4.69) is 5.32 Å². The molecule has 1 aromatic rings. The van der Waals surface area contributed by atoms with Gasteiger partial charge in [0, 0.05) is 13.0 Å². The number of hydrogen-bond acceptors (Lipinski definition) is 3. The fraction of sp³-hybridized carbons (Fsp3) is 0.600. The summed E-state index contributed by atoms with van der Waals surface area (Å²) in [5.41, 5.74) is 5.26. The van der Waals surface area contributed by atoms with Gasteiger partial charge in [0.1, 0.15) is 0 Å². The van der Waals surface area contributed by atoms with Gasteiger partial charge >= 0.3 is 0 Å². The van der Waals surface area contributed by atoms with Crippen molar-refractivity contribution in [2.24, 2.45) is 11.1 Å². The van der Waals surface area contributed by atoms with Gasteiger partial charge in [0.2, 0.25) is 11.8 Å². The molecule has 1 aromatic carbocycles. The second-order valence-corrected chi connectivity index (χ2v) is 7.53. The van der Waals surface area contributed by atoms with Crippen molar-refractivity contribution < 1.29 is 22.8 Å². The molecule has 5 nitrogen and oxygen atoms in total. The second-order valence-electron chi connectivity index (χ2n) is 7.53. The highest BCUT2D eigenvalue weighted by Gasteiger charge is 2.34. The summed E-state index contributed by atoms with van der Waals surface area (Å²) in [4.78, 5) is 26.5. The van der Waals surface area contributed by atoms with E-state index in [0.29, 0.717) is 19.5 Å². The maximum absolute atomic E-state index is 13.7. The summed E-state index contributed by atoms with van der Waals surface area (Å²) >= 11 is 0. The molecule has 0 unspecified atom stereocenters. The van der Waals surface area contributed by atoms with Gasteiger partial charge in [0.25, 0.3) is 0 Å². The first-order valence-electron chi connectivity index (χ1n) is 9.73. The number of anilines is 1. The van der Waals surface area contributed by atoms with E-state index >= 15 is 0 Å². The van der Waals surface area contributed by atoms with Gasteiger partial charge in [-0.1, -0.05) is 26.2 Å².